The Balaban J connectivity index is 0.00000288. The highest BCUT2D eigenvalue weighted by Crippen LogP contribution is 2.28. The van der Waals surface area contributed by atoms with E-state index in [1.807, 2.05) is 31.3 Å². The topological polar surface area (TPSA) is 61.8 Å². The summed E-state index contributed by atoms with van der Waals surface area (Å²) in [6.45, 7) is 3.30. The van der Waals surface area contributed by atoms with E-state index in [4.69, 9.17) is 4.74 Å². The molecule has 1 fully saturated rings. The summed E-state index contributed by atoms with van der Waals surface area (Å²) >= 11 is 0. The number of aromatic nitrogens is 1. The van der Waals surface area contributed by atoms with E-state index in [1.165, 1.54) is 12.8 Å². The van der Waals surface area contributed by atoms with Gasteiger partial charge in [-0.1, -0.05) is 6.07 Å². The van der Waals surface area contributed by atoms with E-state index in [1.54, 1.807) is 7.05 Å². The van der Waals surface area contributed by atoms with E-state index in [2.05, 4.69) is 26.7 Å². The second kappa shape index (κ2) is 11.5. The highest BCUT2D eigenvalue weighted by molar-refractivity contribution is 14.0. The molecule has 1 saturated carbocycles. The van der Waals surface area contributed by atoms with Crippen molar-refractivity contribution in [3.8, 4) is 0 Å². The molecule has 1 heterocycles. The minimum Gasteiger partial charge on any atom is -0.381 e. The number of anilines is 1. The molecule has 0 aliphatic heterocycles. The van der Waals surface area contributed by atoms with Gasteiger partial charge in [-0.2, -0.15) is 0 Å². The van der Waals surface area contributed by atoms with Crippen molar-refractivity contribution in [1.29, 1.82) is 0 Å². The van der Waals surface area contributed by atoms with Gasteiger partial charge in [0.1, 0.15) is 5.82 Å². The summed E-state index contributed by atoms with van der Waals surface area (Å²) in [7, 11) is 5.79. The van der Waals surface area contributed by atoms with Crippen LogP contribution in [0.1, 0.15) is 24.8 Å². The number of nitrogens with one attached hydrogen (secondary N) is 2. The second-order valence-electron chi connectivity index (χ2n) is 6.10. The fourth-order valence-corrected chi connectivity index (χ4v) is 2.29. The first-order valence-corrected chi connectivity index (χ1v) is 8.34. The smallest absolute Gasteiger partial charge is 0.191 e. The summed E-state index contributed by atoms with van der Waals surface area (Å²) in [5.74, 6) is 2.62. The molecule has 2 N–H and O–H groups in total. The number of guanidine groups is 1. The monoisotopic (exact) mass is 447 g/mol. The largest absolute Gasteiger partial charge is 0.381 e. The van der Waals surface area contributed by atoms with Crippen LogP contribution in [-0.4, -0.2) is 51.8 Å². The summed E-state index contributed by atoms with van der Waals surface area (Å²) in [6, 6.07) is 4.03. The normalized spacial score (nSPS) is 14.0. The Bertz CT molecular complexity index is 506. The molecule has 1 aliphatic carbocycles. The Morgan fingerprint density at radius 3 is 2.83 bits per heavy atom. The van der Waals surface area contributed by atoms with E-state index < -0.39 is 0 Å². The zero-order valence-corrected chi connectivity index (χ0v) is 17.2. The molecule has 0 radical (unpaired) electrons. The fourth-order valence-electron chi connectivity index (χ4n) is 2.29. The number of nitrogens with zero attached hydrogens (tertiary/aromatic N) is 3. The van der Waals surface area contributed by atoms with Crippen molar-refractivity contribution < 1.29 is 4.74 Å². The summed E-state index contributed by atoms with van der Waals surface area (Å²) in [5, 5.41) is 6.65. The predicted molar refractivity (Wildman–Crippen MR) is 110 cm³/mol. The Morgan fingerprint density at radius 2 is 2.17 bits per heavy atom. The van der Waals surface area contributed by atoms with Crippen LogP contribution < -0.4 is 15.5 Å². The lowest BCUT2D eigenvalue weighted by molar-refractivity contribution is 0.123. The van der Waals surface area contributed by atoms with Crippen molar-refractivity contribution in [3.63, 3.8) is 0 Å². The minimum atomic E-state index is 0. The lowest BCUT2D eigenvalue weighted by atomic mass is 10.2. The highest BCUT2D eigenvalue weighted by atomic mass is 127. The quantitative estimate of drug-likeness (QED) is 0.263. The first-order valence-electron chi connectivity index (χ1n) is 8.34. The standard InChI is InChI=1S/C17H29N5O.HI/c1-18-17(20-10-5-11-23-13-14-7-8-14)21-12-15-6-4-9-19-16(15)22(2)3;/h4,6,9,14H,5,7-8,10-13H2,1-3H3,(H2,18,20,21);1H. The van der Waals surface area contributed by atoms with Crippen molar-refractivity contribution in [2.24, 2.45) is 10.9 Å². The summed E-state index contributed by atoms with van der Waals surface area (Å²) < 4.78 is 5.63. The van der Waals surface area contributed by atoms with Crippen LogP contribution in [0.15, 0.2) is 23.3 Å². The number of rotatable bonds is 9. The van der Waals surface area contributed by atoms with Gasteiger partial charge in [-0.15, -0.1) is 24.0 Å². The molecule has 0 aromatic carbocycles. The fraction of sp³-hybridized carbons (Fsp3) is 0.647. The third-order valence-electron chi connectivity index (χ3n) is 3.77. The molecule has 0 saturated heterocycles. The van der Waals surface area contributed by atoms with Crippen LogP contribution >= 0.6 is 24.0 Å². The zero-order valence-electron chi connectivity index (χ0n) is 14.9. The third-order valence-corrected chi connectivity index (χ3v) is 3.77. The molecule has 0 amide bonds. The van der Waals surface area contributed by atoms with Gasteiger partial charge in [-0.3, -0.25) is 4.99 Å². The summed E-state index contributed by atoms with van der Waals surface area (Å²) in [4.78, 5) is 10.7. The molecule has 6 nitrogen and oxygen atoms in total. The van der Waals surface area contributed by atoms with Crippen molar-refractivity contribution >= 4 is 35.8 Å². The molecule has 1 aromatic heterocycles. The molecule has 1 aromatic rings. The van der Waals surface area contributed by atoms with E-state index in [9.17, 15) is 0 Å². The van der Waals surface area contributed by atoms with E-state index in [0.29, 0.717) is 6.54 Å². The maximum Gasteiger partial charge on any atom is 0.191 e. The van der Waals surface area contributed by atoms with Gasteiger partial charge in [-0.25, -0.2) is 4.98 Å². The SMILES string of the molecule is CN=C(NCCCOCC1CC1)NCc1cccnc1N(C)C.I. The van der Waals surface area contributed by atoms with E-state index >= 15 is 0 Å². The van der Waals surface area contributed by atoms with Crippen LogP contribution in [-0.2, 0) is 11.3 Å². The molecule has 0 unspecified atom stereocenters. The zero-order chi connectivity index (χ0) is 16.5. The molecule has 7 heteroatoms. The summed E-state index contributed by atoms with van der Waals surface area (Å²) in [6.07, 6.45) is 5.49. The maximum absolute atomic E-state index is 5.63. The molecule has 1 aliphatic rings. The molecule has 0 spiro atoms. The number of halogens is 1. The van der Waals surface area contributed by atoms with E-state index in [0.717, 1.165) is 49.4 Å². The average Bonchev–Trinajstić information content (AvgIpc) is 3.38. The Kier molecular flexibility index (Phi) is 10.0. The van der Waals surface area contributed by atoms with Gasteiger partial charge in [0.2, 0.25) is 0 Å². The molecular formula is C17H30IN5O. The van der Waals surface area contributed by atoms with E-state index in [-0.39, 0.29) is 24.0 Å². The molecule has 136 valence electrons. The van der Waals surface area contributed by atoms with Gasteiger partial charge >= 0.3 is 0 Å². The lowest BCUT2D eigenvalue weighted by Gasteiger charge is -2.17. The van der Waals surface area contributed by atoms with Crippen LogP contribution in [0.2, 0.25) is 0 Å². The van der Waals surface area contributed by atoms with Gasteiger partial charge in [-0.05, 0) is 31.2 Å². The van der Waals surface area contributed by atoms with Gasteiger partial charge in [0.15, 0.2) is 5.96 Å². The first kappa shape index (κ1) is 21.0. The van der Waals surface area contributed by atoms with Gasteiger partial charge in [0.05, 0.1) is 0 Å². The van der Waals surface area contributed by atoms with Crippen molar-refractivity contribution in [2.75, 3.05) is 45.8 Å². The Labute approximate surface area is 162 Å². The second-order valence-corrected chi connectivity index (χ2v) is 6.10. The van der Waals surface area contributed by atoms with Crippen LogP contribution in [0.4, 0.5) is 5.82 Å². The number of ether oxygens (including phenoxy) is 1. The molecule has 0 bridgehead atoms. The van der Waals surface area contributed by atoms with Crippen molar-refractivity contribution in [2.45, 2.75) is 25.8 Å². The van der Waals surface area contributed by atoms with Gasteiger partial charge < -0.3 is 20.3 Å². The van der Waals surface area contributed by atoms with Crippen molar-refractivity contribution in [1.82, 2.24) is 15.6 Å². The number of hydrogen-bond acceptors (Lipinski definition) is 4. The van der Waals surface area contributed by atoms with Gasteiger partial charge in [0.25, 0.3) is 0 Å². The minimum absolute atomic E-state index is 0. The molecule has 0 atom stereocenters. The molecular weight excluding hydrogens is 417 g/mol. The lowest BCUT2D eigenvalue weighted by Crippen LogP contribution is -2.37. The number of aliphatic imine (C=N–C) groups is 1. The van der Waals surface area contributed by atoms with Crippen LogP contribution in [0, 0.1) is 5.92 Å². The first-order chi connectivity index (χ1) is 11.2. The average molecular weight is 447 g/mol. The van der Waals surface area contributed by atoms with Crippen molar-refractivity contribution in [3.05, 3.63) is 23.9 Å². The van der Waals surface area contributed by atoms with Crippen LogP contribution in [0.3, 0.4) is 0 Å². The number of pyridine rings is 1. The molecule has 24 heavy (non-hydrogen) atoms. The Hall–Kier alpha value is -1.09. The number of hydrogen-bond donors (Lipinski definition) is 2. The Morgan fingerprint density at radius 1 is 1.38 bits per heavy atom. The van der Waals surface area contributed by atoms with Crippen LogP contribution in [0.5, 0.6) is 0 Å². The highest BCUT2D eigenvalue weighted by Gasteiger charge is 2.20. The predicted octanol–water partition coefficient (Wildman–Crippen LogP) is 2.25. The van der Waals surface area contributed by atoms with Gasteiger partial charge in [0, 0.05) is 59.2 Å². The summed E-state index contributed by atoms with van der Waals surface area (Å²) in [5.41, 5.74) is 1.15. The molecule has 2 rings (SSSR count). The maximum atomic E-state index is 5.63. The van der Waals surface area contributed by atoms with Crippen LogP contribution in [0.25, 0.3) is 0 Å². The third kappa shape index (κ3) is 7.65.